The standard InChI is InChI=1S/C21H23N3O3/c1-24(2)13-7-12-22-20(25)16-9-4-5-10-17(16)23-21(26)19-14-15-8-3-6-11-18(15)27-19/h3-6,8-11,14H,7,12-13H2,1-2H3,(H,22,25)(H,23,26). The number of benzene rings is 2. The first kappa shape index (κ1) is 18.7. The molecular weight excluding hydrogens is 342 g/mol. The van der Waals surface area contributed by atoms with Crippen LogP contribution in [-0.2, 0) is 0 Å². The van der Waals surface area contributed by atoms with Gasteiger partial charge in [0.1, 0.15) is 5.58 Å². The van der Waals surface area contributed by atoms with E-state index in [4.69, 9.17) is 4.42 Å². The Hall–Kier alpha value is -3.12. The number of nitrogens with one attached hydrogen (secondary N) is 2. The lowest BCUT2D eigenvalue weighted by atomic mass is 10.1. The van der Waals surface area contributed by atoms with Crippen LogP contribution in [0, 0.1) is 0 Å². The molecule has 0 aliphatic carbocycles. The lowest BCUT2D eigenvalue weighted by molar-refractivity contribution is 0.0953. The summed E-state index contributed by atoms with van der Waals surface area (Å²) in [6.07, 6.45) is 0.853. The van der Waals surface area contributed by atoms with Gasteiger partial charge in [-0.15, -0.1) is 0 Å². The van der Waals surface area contributed by atoms with Gasteiger partial charge in [0.05, 0.1) is 11.3 Å². The number of rotatable bonds is 7. The number of hydrogen-bond donors (Lipinski definition) is 2. The predicted molar refractivity (Wildman–Crippen MR) is 106 cm³/mol. The maximum absolute atomic E-state index is 12.6. The van der Waals surface area contributed by atoms with Crippen LogP contribution < -0.4 is 10.6 Å². The second-order valence-electron chi connectivity index (χ2n) is 6.56. The van der Waals surface area contributed by atoms with Crippen molar-refractivity contribution in [1.29, 1.82) is 0 Å². The van der Waals surface area contributed by atoms with Crippen LogP contribution in [0.2, 0.25) is 0 Å². The molecular formula is C21H23N3O3. The van der Waals surface area contributed by atoms with Crippen molar-refractivity contribution in [1.82, 2.24) is 10.2 Å². The van der Waals surface area contributed by atoms with Crippen molar-refractivity contribution in [3.8, 4) is 0 Å². The normalized spacial score (nSPS) is 10.9. The van der Waals surface area contributed by atoms with Gasteiger partial charge in [-0.05, 0) is 51.3 Å². The fourth-order valence-corrected chi connectivity index (χ4v) is 2.76. The van der Waals surface area contributed by atoms with Crippen molar-refractivity contribution in [2.24, 2.45) is 0 Å². The summed E-state index contributed by atoms with van der Waals surface area (Å²) >= 11 is 0. The molecule has 0 radical (unpaired) electrons. The minimum absolute atomic E-state index is 0.206. The molecule has 0 unspecified atom stereocenters. The molecule has 2 N–H and O–H groups in total. The third-order valence-electron chi connectivity index (χ3n) is 4.14. The number of carbonyl (C=O) groups excluding carboxylic acids is 2. The number of amides is 2. The minimum atomic E-state index is -0.390. The molecule has 0 saturated heterocycles. The molecule has 1 heterocycles. The van der Waals surface area contributed by atoms with Gasteiger partial charge in [-0.3, -0.25) is 9.59 Å². The quantitative estimate of drug-likeness (QED) is 0.630. The molecule has 0 aliphatic rings. The first-order valence-corrected chi connectivity index (χ1v) is 8.86. The van der Waals surface area contributed by atoms with E-state index in [2.05, 4.69) is 15.5 Å². The number of hydrogen-bond acceptors (Lipinski definition) is 4. The predicted octanol–water partition coefficient (Wildman–Crippen LogP) is 3.37. The summed E-state index contributed by atoms with van der Waals surface area (Å²) in [7, 11) is 3.98. The maximum Gasteiger partial charge on any atom is 0.291 e. The Labute approximate surface area is 158 Å². The van der Waals surface area contributed by atoms with Crippen molar-refractivity contribution in [3.05, 3.63) is 65.9 Å². The van der Waals surface area contributed by atoms with E-state index in [1.165, 1.54) is 0 Å². The SMILES string of the molecule is CN(C)CCCNC(=O)c1ccccc1NC(=O)c1cc2ccccc2o1. The van der Waals surface area contributed by atoms with Crippen LogP contribution in [0.4, 0.5) is 5.69 Å². The molecule has 2 amide bonds. The Bertz CT molecular complexity index is 914. The van der Waals surface area contributed by atoms with Crippen LogP contribution in [0.1, 0.15) is 27.3 Å². The average Bonchev–Trinajstić information content (AvgIpc) is 3.10. The highest BCUT2D eigenvalue weighted by Gasteiger charge is 2.16. The van der Waals surface area contributed by atoms with Gasteiger partial charge in [0, 0.05) is 11.9 Å². The topological polar surface area (TPSA) is 74.6 Å². The summed E-state index contributed by atoms with van der Waals surface area (Å²) in [5.74, 6) is -0.397. The fourth-order valence-electron chi connectivity index (χ4n) is 2.76. The molecule has 0 aliphatic heterocycles. The highest BCUT2D eigenvalue weighted by molar-refractivity contribution is 6.09. The highest BCUT2D eigenvalue weighted by atomic mass is 16.3. The van der Waals surface area contributed by atoms with Crippen LogP contribution in [0.5, 0.6) is 0 Å². The van der Waals surface area contributed by atoms with Crippen LogP contribution in [-0.4, -0.2) is 43.9 Å². The van der Waals surface area contributed by atoms with Gasteiger partial charge in [-0.2, -0.15) is 0 Å². The first-order valence-electron chi connectivity index (χ1n) is 8.86. The number of carbonyl (C=O) groups is 2. The van der Waals surface area contributed by atoms with E-state index in [1.54, 1.807) is 36.4 Å². The minimum Gasteiger partial charge on any atom is -0.451 e. The van der Waals surface area contributed by atoms with Crippen LogP contribution in [0.3, 0.4) is 0 Å². The average molecular weight is 365 g/mol. The molecule has 1 aromatic heterocycles. The molecule has 0 fully saturated rings. The zero-order valence-electron chi connectivity index (χ0n) is 15.5. The molecule has 0 bridgehead atoms. The molecule has 27 heavy (non-hydrogen) atoms. The smallest absolute Gasteiger partial charge is 0.291 e. The Morgan fingerprint density at radius 1 is 1.00 bits per heavy atom. The summed E-state index contributed by atoms with van der Waals surface area (Å²) in [5.41, 5.74) is 1.52. The van der Waals surface area contributed by atoms with Gasteiger partial charge in [0.25, 0.3) is 11.8 Å². The number of nitrogens with zero attached hydrogens (tertiary/aromatic N) is 1. The lowest BCUT2D eigenvalue weighted by Gasteiger charge is -2.12. The highest BCUT2D eigenvalue weighted by Crippen LogP contribution is 2.21. The zero-order valence-corrected chi connectivity index (χ0v) is 15.5. The second kappa shape index (κ2) is 8.51. The molecule has 2 aromatic carbocycles. The lowest BCUT2D eigenvalue weighted by Crippen LogP contribution is -2.28. The van der Waals surface area contributed by atoms with Gasteiger partial charge in [0.15, 0.2) is 5.76 Å². The number of furan rings is 1. The molecule has 0 saturated carbocycles. The summed E-state index contributed by atoms with van der Waals surface area (Å²) in [4.78, 5) is 27.1. The van der Waals surface area contributed by atoms with Crippen molar-refractivity contribution in [2.45, 2.75) is 6.42 Å². The first-order chi connectivity index (χ1) is 13.0. The Balaban J connectivity index is 1.69. The molecule has 3 aromatic rings. The monoisotopic (exact) mass is 365 g/mol. The number of fused-ring (bicyclic) bond motifs is 1. The second-order valence-corrected chi connectivity index (χ2v) is 6.56. The number of anilines is 1. The van der Waals surface area contributed by atoms with Crippen LogP contribution >= 0.6 is 0 Å². The summed E-state index contributed by atoms with van der Waals surface area (Å²) in [5, 5.41) is 6.52. The zero-order chi connectivity index (χ0) is 19.2. The van der Waals surface area contributed by atoms with E-state index in [9.17, 15) is 9.59 Å². The number of para-hydroxylation sites is 2. The van der Waals surface area contributed by atoms with Crippen molar-refractivity contribution in [3.63, 3.8) is 0 Å². The van der Waals surface area contributed by atoms with E-state index in [0.717, 1.165) is 18.4 Å². The Kier molecular flexibility index (Phi) is 5.88. The molecule has 3 rings (SSSR count). The van der Waals surface area contributed by atoms with Gasteiger partial charge in [-0.25, -0.2) is 0 Å². The fraction of sp³-hybridized carbons (Fsp3) is 0.238. The summed E-state index contributed by atoms with van der Waals surface area (Å²) in [6.45, 7) is 1.47. The largest absolute Gasteiger partial charge is 0.451 e. The van der Waals surface area contributed by atoms with E-state index in [0.29, 0.717) is 23.4 Å². The molecule has 6 heteroatoms. The van der Waals surface area contributed by atoms with Crippen LogP contribution in [0.15, 0.2) is 59.0 Å². The Morgan fingerprint density at radius 2 is 1.74 bits per heavy atom. The third-order valence-corrected chi connectivity index (χ3v) is 4.14. The molecule has 140 valence electrons. The molecule has 6 nitrogen and oxygen atoms in total. The van der Waals surface area contributed by atoms with E-state index in [-0.39, 0.29) is 17.6 Å². The summed E-state index contributed by atoms with van der Waals surface area (Å²) in [6, 6.07) is 16.0. The molecule has 0 spiro atoms. The van der Waals surface area contributed by atoms with Gasteiger partial charge < -0.3 is 20.0 Å². The summed E-state index contributed by atoms with van der Waals surface area (Å²) < 4.78 is 5.59. The van der Waals surface area contributed by atoms with Gasteiger partial charge in [0.2, 0.25) is 0 Å². The van der Waals surface area contributed by atoms with Crippen molar-refractivity contribution >= 4 is 28.5 Å². The Morgan fingerprint density at radius 3 is 2.52 bits per heavy atom. The van der Waals surface area contributed by atoms with Gasteiger partial charge in [-0.1, -0.05) is 30.3 Å². The van der Waals surface area contributed by atoms with Crippen molar-refractivity contribution < 1.29 is 14.0 Å². The van der Waals surface area contributed by atoms with E-state index < -0.39 is 0 Å². The third kappa shape index (κ3) is 4.74. The van der Waals surface area contributed by atoms with Crippen molar-refractivity contribution in [2.75, 3.05) is 32.5 Å². The molecule has 0 atom stereocenters. The van der Waals surface area contributed by atoms with Crippen LogP contribution in [0.25, 0.3) is 11.0 Å². The maximum atomic E-state index is 12.6. The van der Waals surface area contributed by atoms with E-state index >= 15 is 0 Å². The van der Waals surface area contributed by atoms with E-state index in [1.807, 2.05) is 32.3 Å². The van der Waals surface area contributed by atoms with Gasteiger partial charge >= 0.3 is 0 Å².